The van der Waals surface area contributed by atoms with Gasteiger partial charge in [-0.2, -0.15) is 0 Å². The van der Waals surface area contributed by atoms with Gasteiger partial charge in [-0.25, -0.2) is 4.98 Å². The van der Waals surface area contributed by atoms with Crippen LogP contribution in [0.25, 0.3) is 5.70 Å². The van der Waals surface area contributed by atoms with Gasteiger partial charge in [-0.1, -0.05) is 31.7 Å². The number of rotatable bonds is 9. The maximum absolute atomic E-state index is 6.15. The van der Waals surface area contributed by atoms with Crippen LogP contribution in [0.15, 0.2) is 48.2 Å². The van der Waals surface area contributed by atoms with Gasteiger partial charge in [0.05, 0.1) is 0 Å². The van der Waals surface area contributed by atoms with Crippen molar-refractivity contribution in [2.45, 2.75) is 60.0 Å². The second-order valence-corrected chi connectivity index (χ2v) is 7.06. The number of aromatic nitrogens is 1. The van der Waals surface area contributed by atoms with Gasteiger partial charge in [-0.15, -0.1) is 0 Å². The average Bonchev–Trinajstić information content (AvgIpc) is 2.61. The number of hydrogen-bond acceptors (Lipinski definition) is 5. The number of nitrogens with two attached hydrogens (primary N) is 2. The summed E-state index contributed by atoms with van der Waals surface area (Å²) in [6, 6.07) is 2.15. The maximum atomic E-state index is 6.15. The molecule has 27 heavy (non-hydrogen) atoms. The Labute approximate surface area is 164 Å². The summed E-state index contributed by atoms with van der Waals surface area (Å²) in [5.74, 6) is 1.45. The lowest BCUT2D eigenvalue weighted by atomic mass is 10.1. The molecule has 5 heteroatoms. The Morgan fingerprint density at radius 2 is 1.93 bits per heavy atom. The van der Waals surface area contributed by atoms with Gasteiger partial charge in [0.15, 0.2) is 0 Å². The van der Waals surface area contributed by atoms with Crippen molar-refractivity contribution in [3.8, 4) is 0 Å². The molecule has 1 aromatic rings. The van der Waals surface area contributed by atoms with Crippen molar-refractivity contribution in [2.75, 3.05) is 10.6 Å². The van der Waals surface area contributed by atoms with Crippen LogP contribution in [0.4, 0.5) is 11.6 Å². The zero-order valence-corrected chi connectivity index (χ0v) is 17.6. The molecular weight excluding hydrogens is 334 g/mol. The predicted octanol–water partition coefficient (Wildman–Crippen LogP) is 4.70. The first-order valence-corrected chi connectivity index (χ1v) is 9.36. The van der Waals surface area contributed by atoms with Crippen LogP contribution < -0.4 is 22.1 Å². The van der Waals surface area contributed by atoms with Gasteiger partial charge in [0, 0.05) is 29.0 Å². The Morgan fingerprint density at radius 3 is 2.41 bits per heavy atom. The summed E-state index contributed by atoms with van der Waals surface area (Å²) in [6.45, 7) is 20.0. The minimum absolute atomic E-state index is 0.0546. The van der Waals surface area contributed by atoms with E-state index in [4.69, 9.17) is 16.5 Å². The number of anilines is 2. The third kappa shape index (κ3) is 6.29. The van der Waals surface area contributed by atoms with Gasteiger partial charge in [0.1, 0.15) is 11.6 Å². The summed E-state index contributed by atoms with van der Waals surface area (Å²) < 4.78 is 0. The third-order valence-electron chi connectivity index (χ3n) is 4.66. The normalized spacial score (nSPS) is 14.5. The fourth-order valence-electron chi connectivity index (χ4n) is 2.46. The van der Waals surface area contributed by atoms with Crippen molar-refractivity contribution in [2.24, 2.45) is 11.5 Å². The number of nitrogens with zero attached hydrogens (tertiary/aromatic N) is 1. The predicted molar refractivity (Wildman–Crippen MR) is 119 cm³/mol. The van der Waals surface area contributed by atoms with E-state index in [1.165, 1.54) is 0 Å². The summed E-state index contributed by atoms with van der Waals surface area (Å²) in [5, 5.41) is 6.79. The van der Waals surface area contributed by atoms with Gasteiger partial charge >= 0.3 is 0 Å². The Kier molecular flexibility index (Phi) is 8.32. The summed E-state index contributed by atoms with van der Waals surface area (Å²) in [7, 11) is 0. The van der Waals surface area contributed by atoms with E-state index in [0.29, 0.717) is 11.5 Å². The van der Waals surface area contributed by atoms with Crippen LogP contribution in [-0.4, -0.2) is 17.1 Å². The quantitative estimate of drug-likeness (QED) is 0.474. The lowest BCUT2D eigenvalue weighted by Gasteiger charge is -2.23. The molecule has 1 aromatic heterocycles. The second kappa shape index (κ2) is 9.97. The van der Waals surface area contributed by atoms with Crippen molar-refractivity contribution < 1.29 is 0 Å². The molecule has 2 atom stereocenters. The molecule has 1 rings (SSSR count). The van der Waals surface area contributed by atoms with Crippen LogP contribution in [0.5, 0.6) is 0 Å². The number of hydrogen-bond donors (Lipinski definition) is 4. The van der Waals surface area contributed by atoms with Crippen LogP contribution in [0, 0.1) is 6.92 Å². The van der Waals surface area contributed by atoms with Crippen molar-refractivity contribution in [1.29, 1.82) is 0 Å². The number of pyridine rings is 1. The minimum Gasteiger partial charge on any atom is -0.399 e. The third-order valence-corrected chi connectivity index (χ3v) is 4.66. The fourth-order valence-corrected chi connectivity index (χ4v) is 2.46. The first-order valence-electron chi connectivity index (χ1n) is 9.36. The van der Waals surface area contributed by atoms with E-state index in [9.17, 15) is 0 Å². The Hall–Kier alpha value is -2.53. The SMILES string of the molecule is C=C(C)/C(C)=C\C(=C/C)Nc1nc(NC(C)[C@@H](N)CC)c(C)cc1C(=C)N. The highest BCUT2D eigenvalue weighted by Crippen LogP contribution is 2.26. The molecule has 1 heterocycles. The van der Waals surface area contributed by atoms with E-state index >= 15 is 0 Å². The highest BCUT2D eigenvalue weighted by molar-refractivity contribution is 5.75. The van der Waals surface area contributed by atoms with Crippen molar-refractivity contribution >= 4 is 17.3 Å². The molecule has 1 unspecified atom stereocenters. The van der Waals surface area contributed by atoms with Crippen molar-refractivity contribution in [3.05, 3.63) is 59.3 Å². The molecule has 0 saturated carbocycles. The lowest BCUT2D eigenvalue weighted by Crippen LogP contribution is -2.37. The molecule has 0 aliphatic rings. The van der Waals surface area contributed by atoms with Crippen molar-refractivity contribution in [1.82, 2.24) is 4.98 Å². The summed E-state index contributed by atoms with van der Waals surface area (Å²) in [4.78, 5) is 4.78. The molecule has 0 saturated heterocycles. The van der Waals surface area contributed by atoms with Gasteiger partial charge < -0.3 is 22.1 Å². The van der Waals surface area contributed by atoms with E-state index in [1.54, 1.807) is 0 Å². The highest BCUT2D eigenvalue weighted by atomic mass is 15.1. The number of aryl methyl sites for hydroxylation is 1. The summed E-state index contributed by atoms with van der Waals surface area (Å²) >= 11 is 0. The van der Waals surface area contributed by atoms with Gasteiger partial charge in [-0.05, 0) is 64.3 Å². The second-order valence-electron chi connectivity index (χ2n) is 7.06. The molecule has 0 aliphatic heterocycles. The smallest absolute Gasteiger partial charge is 0.142 e. The fraction of sp³-hybridized carbons (Fsp3) is 0.409. The Morgan fingerprint density at radius 1 is 1.30 bits per heavy atom. The van der Waals surface area contributed by atoms with Crippen LogP contribution in [0.1, 0.15) is 52.2 Å². The van der Waals surface area contributed by atoms with E-state index in [0.717, 1.165) is 40.2 Å². The van der Waals surface area contributed by atoms with Gasteiger partial charge in [0.2, 0.25) is 0 Å². The molecule has 0 fully saturated rings. The highest BCUT2D eigenvalue weighted by Gasteiger charge is 2.16. The first kappa shape index (κ1) is 22.5. The van der Waals surface area contributed by atoms with Crippen LogP contribution >= 0.6 is 0 Å². The molecule has 0 aromatic carbocycles. The Balaban J connectivity index is 3.30. The standard InChI is InChI=1S/C22H35N5/c1-9-18(11-14(5)13(3)4)26-22-19(16(7)23)12-15(6)21(27-22)25-17(8)20(24)10-2/h9,11-12,17,20H,3,7,10,23-24H2,1-2,4-6,8H3,(H2,25,26,27)/b14-11-,18-9+/t17?,20-/m0/s1. The largest absolute Gasteiger partial charge is 0.399 e. The van der Waals surface area contributed by atoms with Gasteiger partial charge in [0.25, 0.3) is 0 Å². The monoisotopic (exact) mass is 369 g/mol. The molecule has 0 bridgehead atoms. The molecule has 148 valence electrons. The molecule has 6 N–H and O–H groups in total. The number of allylic oxidation sites excluding steroid dienone is 4. The minimum atomic E-state index is 0.0546. The summed E-state index contributed by atoms with van der Waals surface area (Å²) in [6.07, 6.45) is 4.92. The number of nitrogens with one attached hydrogen (secondary N) is 2. The summed E-state index contributed by atoms with van der Waals surface area (Å²) in [5.41, 5.74) is 17.4. The van der Waals surface area contributed by atoms with Crippen molar-refractivity contribution in [3.63, 3.8) is 0 Å². The van der Waals surface area contributed by atoms with Crippen LogP contribution in [0.3, 0.4) is 0 Å². The van der Waals surface area contributed by atoms with Gasteiger partial charge in [-0.3, -0.25) is 0 Å². The Bertz CT molecular complexity index is 758. The average molecular weight is 370 g/mol. The molecular formula is C22H35N5. The van der Waals surface area contributed by atoms with E-state index < -0.39 is 0 Å². The lowest BCUT2D eigenvalue weighted by molar-refractivity contribution is 0.571. The zero-order valence-electron chi connectivity index (χ0n) is 17.6. The van der Waals surface area contributed by atoms with E-state index in [2.05, 4.69) is 37.6 Å². The molecule has 0 spiro atoms. The topological polar surface area (TPSA) is 89.0 Å². The molecule has 5 nitrogen and oxygen atoms in total. The maximum Gasteiger partial charge on any atom is 0.142 e. The first-order chi connectivity index (χ1) is 12.6. The van der Waals surface area contributed by atoms with Crippen LogP contribution in [-0.2, 0) is 0 Å². The van der Waals surface area contributed by atoms with E-state index in [-0.39, 0.29) is 12.1 Å². The molecule has 0 radical (unpaired) electrons. The molecule has 0 amide bonds. The zero-order chi connectivity index (χ0) is 20.7. The van der Waals surface area contributed by atoms with E-state index in [1.807, 2.05) is 45.9 Å². The molecule has 0 aliphatic carbocycles. The van der Waals surface area contributed by atoms with Crippen LogP contribution in [0.2, 0.25) is 0 Å².